The minimum Gasteiger partial charge on any atom is -0.365 e. The summed E-state index contributed by atoms with van der Waals surface area (Å²) in [5, 5.41) is 0. The smallest absolute Gasteiger partial charge is 0.264 e. The van der Waals surface area contributed by atoms with E-state index >= 15 is 0 Å². The van der Waals surface area contributed by atoms with Gasteiger partial charge in [0.25, 0.3) is 5.91 Å². The zero-order valence-corrected chi connectivity index (χ0v) is 7.41. The summed E-state index contributed by atoms with van der Waals surface area (Å²) >= 11 is 0. The largest absolute Gasteiger partial charge is 0.365 e. The van der Waals surface area contributed by atoms with Crippen LogP contribution >= 0.6 is 0 Å². The van der Waals surface area contributed by atoms with Gasteiger partial charge in [-0.05, 0) is 0 Å². The monoisotopic (exact) mass is 197 g/mol. The molecule has 4 nitrogen and oxygen atoms in total. The van der Waals surface area contributed by atoms with E-state index in [0.717, 1.165) is 0 Å². The van der Waals surface area contributed by atoms with Crippen molar-refractivity contribution in [2.24, 2.45) is 5.73 Å². The molecule has 1 amide bonds. The standard InChI is InChI=1S/C8H7NO3S/c9-8(10)7(13(11)12)6-4-2-1-3-5-6/h1-5H,(H2,9,10). The highest BCUT2D eigenvalue weighted by Crippen LogP contribution is 1.99. The van der Waals surface area contributed by atoms with E-state index in [1.807, 2.05) is 0 Å². The molecule has 1 aromatic carbocycles. The summed E-state index contributed by atoms with van der Waals surface area (Å²) in [7, 11) is -2.59. The van der Waals surface area contributed by atoms with E-state index in [1.165, 1.54) is 12.1 Å². The highest BCUT2D eigenvalue weighted by Gasteiger charge is 2.10. The maximum Gasteiger partial charge on any atom is 0.264 e. The second-order valence-electron chi connectivity index (χ2n) is 2.29. The average molecular weight is 197 g/mol. The van der Waals surface area contributed by atoms with Gasteiger partial charge < -0.3 is 5.73 Å². The number of carbonyl (C=O) groups is 1. The molecule has 0 saturated carbocycles. The molecular formula is C8H7NO3S. The minimum atomic E-state index is -2.59. The van der Waals surface area contributed by atoms with Crippen LogP contribution in [0.4, 0.5) is 0 Å². The van der Waals surface area contributed by atoms with Gasteiger partial charge in [0.15, 0.2) is 4.86 Å². The number of primary amides is 1. The van der Waals surface area contributed by atoms with Crippen molar-refractivity contribution in [1.82, 2.24) is 0 Å². The number of benzene rings is 1. The number of hydrogen-bond donors (Lipinski definition) is 1. The number of hydrogen-bond acceptors (Lipinski definition) is 3. The summed E-state index contributed by atoms with van der Waals surface area (Å²) in [5.74, 6) is -0.945. The van der Waals surface area contributed by atoms with Crippen LogP contribution in [0.5, 0.6) is 0 Å². The van der Waals surface area contributed by atoms with E-state index in [4.69, 9.17) is 5.73 Å². The maximum atomic E-state index is 10.7. The molecule has 2 N–H and O–H groups in total. The topological polar surface area (TPSA) is 77.2 Å². The highest BCUT2D eigenvalue weighted by molar-refractivity contribution is 7.75. The lowest BCUT2D eigenvalue weighted by Gasteiger charge is -1.95. The molecule has 0 bridgehead atoms. The van der Waals surface area contributed by atoms with Gasteiger partial charge in [-0.25, -0.2) is 0 Å². The fraction of sp³-hybridized carbons (Fsp3) is 0. The second-order valence-corrected chi connectivity index (χ2v) is 3.17. The van der Waals surface area contributed by atoms with Gasteiger partial charge in [0, 0.05) is 5.56 Å². The van der Waals surface area contributed by atoms with Crippen molar-refractivity contribution in [1.29, 1.82) is 0 Å². The van der Waals surface area contributed by atoms with Gasteiger partial charge in [0.1, 0.15) is 0 Å². The molecule has 1 aromatic rings. The zero-order valence-electron chi connectivity index (χ0n) is 6.60. The molecule has 0 aliphatic carbocycles. The molecule has 13 heavy (non-hydrogen) atoms. The van der Waals surface area contributed by atoms with Gasteiger partial charge in [0.2, 0.25) is 10.3 Å². The van der Waals surface area contributed by atoms with E-state index in [9.17, 15) is 13.2 Å². The maximum absolute atomic E-state index is 10.7. The first-order valence-corrected chi connectivity index (χ1v) is 4.52. The lowest BCUT2D eigenvalue weighted by atomic mass is 10.1. The van der Waals surface area contributed by atoms with Crippen molar-refractivity contribution in [3.8, 4) is 0 Å². The van der Waals surface area contributed by atoms with Crippen LogP contribution < -0.4 is 5.73 Å². The van der Waals surface area contributed by atoms with E-state index in [-0.39, 0.29) is 4.86 Å². The molecule has 68 valence electrons. The Bertz CT molecular complexity index is 440. The first-order chi connectivity index (χ1) is 6.13. The Morgan fingerprint density at radius 1 is 1.15 bits per heavy atom. The fourth-order valence-electron chi connectivity index (χ4n) is 0.910. The average Bonchev–Trinajstić information content (AvgIpc) is 2.04. The van der Waals surface area contributed by atoms with Crippen LogP contribution in [0, 0.1) is 0 Å². The van der Waals surface area contributed by atoms with Crippen molar-refractivity contribution in [3.05, 3.63) is 35.9 Å². The lowest BCUT2D eigenvalue weighted by Crippen LogP contribution is -2.24. The molecule has 0 fully saturated rings. The van der Waals surface area contributed by atoms with Crippen LogP contribution in [0.25, 0.3) is 0 Å². The van der Waals surface area contributed by atoms with Crippen molar-refractivity contribution in [2.75, 3.05) is 0 Å². The summed E-state index contributed by atoms with van der Waals surface area (Å²) in [6, 6.07) is 8.00. The first kappa shape index (κ1) is 9.47. The molecule has 0 heterocycles. The Morgan fingerprint density at radius 2 is 1.69 bits per heavy atom. The van der Waals surface area contributed by atoms with Crippen LogP contribution in [-0.2, 0) is 15.1 Å². The highest BCUT2D eigenvalue weighted by atomic mass is 32.2. The minimum absolute atomic E-state index is 0.309. The van der Waals surface area contributed by atoms with Gasteiger partial charge in [-0.1, -0.05) is 30.3 Å². The zero-order chi connectivity index (χ0) is 9.84. The molecule has 1 rings (SSSR count). The Hall–Kier alpha value is -1.62. The van der Waals surface area contributed by atoms with E-state index in [1.54, 1.807) is 18.2 Å². The van der Waals surface area contributed by atoms with E-state index in [0.29, 0.717) is 5.56 Å². The van der Waals surface area contributed by atoms with Gasteiger partial charge >= 0.3 is 0 Å². The van der Waals surface area contributed by atoms with Gasteiger partial charge in [-0.15, -0.1) is 0 Å². The van der Waals surface area contributed by atoms with Gasteiger partial charge in [-0.2, -0.15) is 8.42 Å². The van der Waals surface area contributed by atoms with Gasteiger partial charge in [0.05, 0.1) is 0 Å². The Morgan fingerprint density at radius 3 is 2.08 bits per heavy atom. The Balaban J connectivity index is 3.38. The Kier molecular flexibility index (Phi) is 2.81. The number of carbonyl (C=O) groups excluding carboxylic acids is 1. The van der Waals surface area contributed by atoms with Crippen molar-refractivity contribution < 1.29 is 13.2 Å². The summed E-state index contributed by atoms with van der Waals surface area (Å²) in [6.45, 7) is 0. The predicted octanol–water partition coefficient (Wildman–Crippen LogP) is -0.429. The van der Waals surface area contributed by atoms with Crippen LogP contribution in [0.3, 0.4) is 0 Å². The normalized spacial score (nSPS) is 9.23. The van der Waals surface area contributed by atoms with E-state index < -0.39 is 16.2 Å². The molecule has 5 heteroatoms. The van der Waals surface area contributed by atoms with Crippen LogP contribution in [0.2, 0.25) is 0 Å². The number of nitrogens with two attached hydrogens (primary N) is 1. The van der Waals surface area contributed by atoms with E-state index in [2.05, 4.69) is 0 Å². The Labute approximate surface area is 76.5 Å². The van der Waals surface area contributed by atoms with Crippen LogP contribution in [-0.4, -0.2) is 19.2 Å². The molecule has 0 aromatic heterocycles. The summed E-state index contributed by atoms with van der Waals surface area (Å²) in [4.78, 5) is 10.3. The number of rotatable bonds is 2. The quantitative estimate of drug-likeness (QED) is 0.516. The molecule has 0 atom stereocenters. The third kappa shape index (κ3) is 2.16. The molecule has 0 aliphatic heterocycles. The second kappa shape index (κ2) is 3.86. The van der Waals surface area contributed by atoms with Crippen LogP contribution in [0.15, 0.2) is 30.3 Å². The number of amides is 1. The lowest BCUT2D eigenvalue weighted by molar-refractivity contribution is -0.111. The predicted molar refractivity (Wildman–Crippen MR) is 48.7 cm³/mol. The molecule has 0 unspecified atom stereocenters. The summed E-state index contributed by atoms with van der Waals surface area (Å²) in [5.41, 5.74) is 5.21. The van der Waals surface area contributed by atoms with Gasteiger partial charge in [-0.3, -0.25) is 4.79 Å². The first-order valence-electron chi connectivity index (χ1n) is 3.44. The molecule has 0 radical (unpaired) electrons. The molecular weight excluding hydrogens is 190 g/mol. The van der Waals surface area contributed by atoms with Crippen LogP contribution in [0.1, 0.15) is 5.56 Å². The van der Waals surface area contributed by atoms with Crippen molar-refractivity contribution in [2.45, 2.75) is 0 Å². The fourth-order valence-corrected chi connectivity index (χ4v) is 1.40. The van der Waals surface area contributed by atoms with Crippen molar-refractivity contribution >= 4 is 21.1 Å². The third-order valence-electron chi connectivity index (χ3n) is 1.43. The van der Waals surface area contributed by atoms with Crippen molar-refractivity contribution in [3.63, 3.8) is 0 Å². The molecule has 0 saturated heterocycles. The summed E-state index contributed by atoms with van der Waals surface area (Å²) in [6.07, 6.45) is 0. The molecule has 0 aliphatic rings. The third-order valence-corrected chi connectivity index (χ3v) is 2.20. The molecule has 0 spiro atoms. The SMILES string of the molecule is NC(=O)C(c1ccccc1)=S(=O)=O. The summed E-state index contributed by atoms with van der Waals surface area (Å²) < 4.78 is 21.2.